The number of aromatic hydroxyl groups is 1. The lowest BCUT2D eigenvalue weighted by atomic mass is 10.2. The van der Waals surface area contributed by atoms with Crippen LogP contribution in [-0.2, 0) is 0 Å². The van der Waals surface area contributed by atoms with Crippen LogP contribution in [0.3, 0.4) is 0 Å². The fourth-order valence-corrected chi connectivity index (χ4v) is 1.55. The second kappa shape index (κ2) is 5.54. The van der Waals surface area contributed by atoms with Gasteiger partial charge in [-0.15, -0.1) is 0 Å². The van der Waals surface area contributed by atoms with Crippen molar-refractivity contribution in [3.05, 3.63) is 57.4 Å². The van der Waals surface area contributed by atoms with Crippen LogP contribution in [0.5, 0.6) is 5.75 Å². The molecule has 0 aliphatic heterocycles. The molecular weight excluding hydrogens is 286 g/mol. The van der Waals surface area contributed by atoms with E-state index < -0.39 is 10.8 Å². The van der Waals surface area contributed by atoms with Gasteiger partial charge in [0.25, 0.3) is 11.6 Å². The lowest BCUT2D eigenvalue weighted by molar-refractivity contribution is -0.384. The number of benzene rings is 1. The fourth-order valence-electron chi connectivity index (χ4n) is 1.44. The Morgan fingerprint density at radius 2 is 2.10 bits per heavy atom. The highest BCUT2D eigenvalue weighted by molar-refractivity contribution is 6.29. The van der Waals surface area contributed by atoms with Gasteiger partial charge in [-0.3, -0.25) is 14.9 Å². The number of hydrogen-bond acceptors (Lipinski definition) is 5. The number of amides is 1. The van der Waals surface area contributed by atoms with Gasteiger partial charge >= 0.3 is 0 Å². The molecule has 1 aromatic carbocycles. The van der Waals surface area contributed by atoms with Crippen molar-refractivity contribution in [2.75, 3.05) is 5.32 Å². The molecule has 2 aromatic rings. The zero-order valence-electron chi connectivity index (χ0n) is 9.91. The van der Waals surface area contributed by atoms with Gasteiger partial charge in [0.2, 0.25) is 0 Å². The number of anilines is 1. The predicted molar refractivity (Wildman–Crippen MR) is 72.0 cm³/mol. The smallest absolute Gasteiger partial charge is 0.271 e. The van der Waals surface area contributed by atoms with Crippen LogP contribution in [-0.4, -0.2) is 20.9 Å². The molecule has 1 heterocycles. The van der Waals surface area contributed by atoms with Crippen LogP contribution >= 0.6 is 11.6 Å². The number of nitrogens with zero attached hydrogens (tertiary/aromatic N) is 2. The largest absolute Gasteiger partial charge is 0.506 e. The number of carbonyl (C=O) groups excluding carboxylic acids is 1. The first kappa shape index (κ1) is 13.8. The average molecular weight is 294 g/mol. The van der Waals surface area contributed by atoms with Crippen molar-refractivity contribution < 1.29 is 14.8 Å². The highest BCUT2D eigenvalue weighted by atomic mass is 35.5. The summed E-state index contributed by atoms with van der Waals surface area (Å²) in [7, 11) is 0. The number of nitrogens with one attached hydrogen (secondary N) is 1. The van der Waals surface area contributed by atoms with Crippen molar-refractivity contribution in [1.82, 2.24) is 4.98 Å². The lowest BCUT2D eigenvalue weighted by Crippen LogP contribution is -2.12. The molecule has 0 unspecified atom stereocenters. The molecule has 2 N–H and O–H groups in total. The lowest BCUT2D eigenvalue weighted by Gasteiger charge is -2.07. The van der Waals surface area contributed by atoms with Gasteiger partial charge in [0.15, 0.2) is 0 Å². The number of rotatable bonds is 3. The quantitative estimate of drug-likeness (QED) is 0.391. The summed E-state index contributed by atoms with van der Waals surface area (Å²) in [5.41, 5.74) is -0.0909. The monoisotopic (exact) mass is 293 g/mol. The second-order valence-corrected chi connectivity index (χ2v) is 4.17. The molecule has 2 rings (SSSR count). The number of carbonyl (C=O) groups is 1. The highest BCUT2D eigenvalue weighted by Gasteiger charge is 2.13. The number of phenols is 1. The summed E-state index contributed by atoms with van der Waals surface area (Å²) < 4.78 is 0. The van der Waals surface area contributed by atoms with E-state index in [2.05, 4.69) is 10.3 Å². The normalized spacial score (nSPS) is 10.1. The van der Waals surface area contributed by atoms with E-state index in [1.807, 2.05) is 0 Å². The van der Waals surface area contributed by atoms with E-state index in [0.29, 0.717) is 0 Å². The number of nitro benzene ring substituents is 1. The van der Waals surface area contributed by atoms with Crippen LogP contribution in [0.25, 0.3) is 0 Å². The molecule has 0 radical (unpaired) electrons. The molecule has 8 heteroatoms. The Hall–Kier alpha value is -2.67. The number of pyridine rings is 1. The van der Waals surface area contributed by atoms with Crippen LogP contribution in [0.2, 0.25) is 5.15 Å². The predicted octanol–water partition coefficient (Wildman–Crippen LogP) is 2.60. The molecule has 0 saturated carbocycles. The summed E-state index contributed by atoms with van der Waals surface area (Å²) in [5, 5.41) is 22.8. The van der Waals surface area contributed by atoms with Gasteiger partial charge in [0, 0.05) is 18.3 Å². The van der Waals surface area contributed by atoms with E-state index in [4.69, 9.17) is 11.6 Å². The van der Waals surface area contributed by atoms with Crippen LogP contribution in [0.1, 0.15) is 10.4 Å². The standard InChI is InChI=1S/C12H8ClN3O4/c13-11-4-1-7(6-14-11)12(18)15-9-5-8(16(19)20)2-3-10(9)17/h1-6,17H,(H,15,18). The van der Waals surface area contributed by atoms with Gasteiger partial charge in [-0.1, -0.05) is 11.6 Å². The van der Waals surface area contributed by atoms with Crippen molar-refractivity contribution >= 4 is 28.9 Å². The Morgan fingerprint density at radius 1 is 1.35 bits per heavy atom. The molecular formula is C12H8ClN3O4. The topological polar surface area (TPSA) is 105 Å². The van der Waals surface area contributed by atoms with Crippen molar-refractivity contribution in [3.63, 3.8) is 0 Å². The molecule has 1 aromatic heterocycles. The van der Waals surface area contributed by atoms with Gasteiger partial charge in [0.05, 0.1) is 16.2 Å². The van der Waals surface area contributed by atoms with E-state index in [-0.39, 0.29) is 27.8 Å². The maximum absolute atomic E-state index is 11.9. The van der Waals surface area contributed by atoms with Gasteiger partial charge in [0.1, 0.15) is 10.9 Å². The maximum atomic E-state index is 11.9. The minimum atomic E-state index is -0.626. The molecule has 0 spiro atoms. The maximum Gasteiger partial charge on any atom is 0.271 e. The molecule has 0 fully saturated rings. The minimum Gasteiger partial charge on any atom is -0.506 e. The second-order valence-electron chi connectivity index (χ2n) is 3.78. The van der Waals surface area contributed by atoms with E-state index >= 15 is 0 Å². The third-order valence-electron chi connectivity index (χ3n) is 2.43. The molecule has 0 aliphatic carbocycles. The number of halogens is 1. The minimum absolute atomic E-state index is 0.0563. The summed E-state index contributed by atoms with van der Waals surface area (Å²) in [6, 6.07) is 6.21. The van der Waals surface area contributed by atoms with Crippen LogP contribution < -0.4 is 5.32 Å². The Labute approximate surface area is 118 Å². The summed E-state index contributed by atoms with van der Waals surface area (Å²) in [4.78, 5) is 25.6. The Morgan fingerprint density at radius 3 is 2.70 bits per heavy atom. The molecule has 1 amide bonds. The van der Waals surface area contributed by atoms with Crippen LogP contribution in [0.4, 0.5) is 11.4 Å². The number of phenolic OH excluding ortho intramolecular Hbond substituents is 1. The van der Waals surface area contributed by atoms with E-state index in [1.54, 1.807) is 0 Å². The zero-order chi connectivity index (χ0) is 14.7. The Bertz CT molecular complexity index is 673. The molecule has 0 saturated heterocycles. The van der Waals surface area contributed by atoms with E-state index in [0.717, 1.165) is 18.2 Å². The fraction of sp³-hybridized carbons (Fsp3) is 0. The first-order valence-electron chi connectivity index (χ1n) is 5.37. The van der Waals surface area contributed by atoms with E-state index in [1.165, 1.54) is 18.3 Å². The molecule has 102 valence electrons. The number of nitro groups is 1. The van der Waals surface area contributed by atoms with Crippen molar-refractivity contribution in [2.45, 2.75) is 0 Å². The molecule has 0 aliphatic rings. The van der Waals surface area contributed by atoms with Gasteiger partial charge in [-0.2, -0.15) is 0 Å². The third-order valence-corrected chi connectivity index (χ3v) is 2.65. The summed E-state index contributed by atoms with van der Waals surface area (Å²) >= 11 is 5.60. The van der Waals surface area contributed by atoms with Crippen molar-refractivity contribution in [1.29, 1.82) is 0 Å². The molecule has 0 bridgehead atoms. The first-order chi connectivity index (χ1) is 9.47. The van der Waals surface area contributed by atoms with Crippen LogP contribution in [0.15, 0.2) is 36.5 Å². The zero-order valence-corrected chi connectivity index (χ0v) is 10.7. The highest BCUT2D eigenvalue weighted by Crippen LogP contribution is 2.28. The molecule has 7 nitrogen and oxygen atoms in total. The number of hydrogen-bond donors (Lipinski definition) is 2. The average Bonchev–Trinajstić information content (AvgIpc) is 2.41. The third kappa shape index (κ3) is 3.01. The van der Waals surface area contributed by atoms with Crippen molar-refractivity contribution in [3.8, 4) is 5.75 Å². The number of non-ortho nitro benzene ring substituents is 1. The summed E-state index contributed by atoms with van der Waals surface area (Å²) in [6.45, 7) is 0. The van der Waals surface area contributed by atoms with Gasteiger partial charge < -0.3 is 10.4 Å². The summed E-state index contributed by atoms with van der Waals surface area (Å²) in [6.07, 6.45) is 1.26. The number of aromatic nitrogens is 1. The first-order valence-corrected chi connectivity index (χ1v) is 5.75. The molecule has 0 atom stereocenters. The van der Waals surface area contributed by atoms with Gasteiger partial charge in [-0.25, -0.2) is 4.98 Å². The van der Waals surface area contributed by atoms with Crippen LogP contribution in [0, 0.1) is 10.1 Å². The molecule has 20 heavy (non-hydrogen) atoms. The van der Waals surface area contributed by atoms with E-state index in [9.17, 15) is 20.0 Å². The Kier molecular flexibility index (Phi) is 3.81. The SMILES string of the molecule is O=C(Nc1cc([N+](=O)[O-])ccc1O)c1ccc(Cl)nc1. The van der Waals surface area contributed by atoms with Crippen molar-refractivity contribution in [2.24, 2.45) is 0 Å². The Balaban J connectivity index is 2.25. The summed E-state index contributed by atoms with van der Waals surface area (Å²) in [5.74, 6) is -0.837. The van der Waals surface area contributed by atoms with Gasteiger partial charge in [-0.05, 0) is 18.2 Å².